The van der Waals surface area contributed by atoms with Crippen LogP contribution in [0, 0.1) is 13.8 Å². The molecule has 3 aromatic rings. The second-order valence-electron chi connectivity index (χ2n) is 6.43. The van der Waals surface area contributed by atoms with Crippen LogP contribution in [0.5, 0.6) is 0 Å². The molecular formula is C21H21ClN4O. The molecule has 1 heterocycles. The number of benzene rings is 2. The molecule has 27 heavy (non-hydrogen) atoms. The molecule has 0 saturated carbocycles. The van der Waals surface area contributed by atoms with Crippen molar-refractivity contribution in [1.82, 2.24) is 9.97 Å². The zero-order chi connectivity index (χ0) is 19.2. The lowest BCUT2D eigenvalue weighted by atomic mass is 10.1. The molecule has 5 nitrogen and oxygen atoms in total. The zero-order valence-corrected chi connectivity index (χ0v) is 16.0. The number of aromatic nitrogens is 2. The van der Waals surface area contributed by atoms with Crippen LogP contribution in [-0.2, 0) is 6.42 Å². The van der Waals surface area contributed by atoms with Crippen LogP contribution in [0.25, 0.3) is 0 Å². The minimum absolute atomic E-state index is 0.231. The van der Waals surface area contributed by atoms with E-state index in [1.807, 2.05) is 50.2 Å². The Hall–Kier alpha value is -2.92. The molecule has 0 aliphatic rings. The minimum Gasteiger partial charge on any atom is -0.354 e. The molecule has 138 valence electrons. The molecule has 0 unspecified atom stereocenters. The highest BCUT2D eigenvalue weighted by atomic mass is 35.5. The molecule has 0 aliphatic heterocycles. The Morgan fingerprint density at radius 1 is 1.04 bits per heavy atom. The first kappa shape index (κ1) is 18.9. The number of hydrogen-bond donors (Lipinski definition) is 2. The highest BCUT2D eigenvalue weighted by molar-refractivity contribution is 6.30. The first-order chi connectivity index (χ1) is 13.0. The topological polar surface area (TPSA) is 66.9 Å². The molecule has 0 bridgehead atoms. The first-order valence-electron chi connectivity index (χ1n) is 8.69. The van der Waals surface area contributed by atoms with Crippen LogP contribution < -0.4 is 10.6 Å². The summed E-state index contributed by atoms with van der Waals surface area (Å²) in [5.41, 5.74) is 4.51. The lowest BCUT2D eigenvalue weighted by Crippen LogP contribution is -2.14. The predicted octanol–water partition coefficient (Wildman–Crippen LogP) is 4.65. The fourth-order valence-corrected chi connectivity index (χ4v) is 3.01. The quantitative estimate of drug-likeness (QED) is 0.653. The van der Waals surface area contributed by atoms with Crippen LogP contribution in [0.1, 0.15) is 27.0 Å². The van der Waals surface area contributed by atoms with Crippen molar-refractivity contribution in [1.29, 1.82) is 0 Å². The van der Waals surface area contributed by atoms with Gasteiger partial charge >= 0.3 is 0 Å². The summed E-state index contributed by atoms with van der Waals surface area (Å²) >= 11 is 5.98. The Kier molecular flexibility index (Phi) is 6.04. The summed E-state index contributed by atoms with van der Waals surface area (Å²) in [5.74, 6) is 0.255. The smallest absolute Gasteiger partial charge is 0.258 e. The number of nitrogens with zero attached hydrogens (tertiary/aromatic N) is 2. The highest BCUT2D eigenvalue weighted by Gasteiger charge is 2.08. The summed E-state index contributed by atoms with van der Waals surface area (Å²) in [6.07, 6.45) is 3.85. The zero-order valence-electron chi connectivity index (χ0n) is 15.3. The third-order valence-electron chi connectivity index (χ3n) is 3.98. The minimum atomic E-state index is -0.231. The summed E-state index contributed by atoms with van der Waals surface area (Å²) in [5, 5.41) is 6.75. The van der Waals surface area contributed by atoms with Gasteiger partial charge in [-0.15, -0.1) is 0 Å². The van der Waals surface area contributed by atoms with Gasteiger partial charge in [0.2, 0.25) is 5.95 Å². The summed E-state index contributed by atoms with van der Waals surface area (Å²) in [4.78, 5) is 20.8. The average Bonchev–Trinajstić information content (AvgIpc) is 2.61. The van der Waals surface area contributed by atoms with E-state index in [-0.39, 0.29) is 5.91 Å². The molecule has 6 heteroatoms. The number of nitrogens with one attached hydrogen (secondary N) is 2. The van der Waals surface area contributed by atoms with Crippen molar-refractivity contribution in [2.24, 2.45) is 0 Å². The van der Waals surface area contributed by atoms with Crippen LogP contribution in [0.3, 0.4) is 0 Å². The monoisotopic (exact) mass is 380 g/mol. The normalized spacial score (nSPS) is 10.5. The van der Waals surface area contributed by atoms with Crippen molar-refractivity contribution < 1.29 is 4.79 Å². The van der Waals surface area contributed by atoms with Crippen molar-refractivity contribution in [2.45, 2.75) is 20.3 Å². The molecule has 3 rings (SSSR count). The van der Waals surface area contributed by atoms with Crippen molar-refractivity contribution >= 4 is 29.1 Å². The van der Waals surface area contributed by atoms with E-state index in [0.29, 0.717) is 18.1 Å². The van der Waals surface area contributed by atoms with Crippen molar-refractivity contribution in [2.75, 3.05) is 17.2 Å². The number of amides is 1. The fourth-order valence-electron chi connectivity index (χ4n) is 2.80. The van der Waals surface area contributed by atoms with E-state index in [4.69, 9.17) is 11.6 Å². The number of carbonyl (C=O) groups is 1. The van der Waals surface area contributed by atoms with Gasteiger partial charge in [-0.2, -0.15) is 0 Å². The van der Waals surface area contributed by atoms with Crippen molar-refractivity contribution in [3.8, 4) is 0 Å². The SMILES string of the molecule is Cc1cc(C)cc(NC(=O)c2cnc(NCCc3cccc(Cl)c3)nc2)c1. The van der Waals surface area contributed by atoms with E-state index in [1.165, 1.54) is 12.4 Å². The average molecular weight is 381 g/mol. The van der Waals surface area contributed by atoms with E-state index in [1.54, 1.807) is 0 Å². The second kappa shape index (κ2) is 8.64. The van der Waals surface area contributed by atoms with E-state index in [9.17, 15) is 4.79 Å². The summed E-state index contributed by atoms with van der Waals surface area (Å²) in [7, 11) is 0. The maximum atomic E-state index is 12.4. The van der Waals surface area contributed by atoms with Crippen LogP contribution in [0.2, 0.25) is 5.02 Å². The number of halogens is 1. The van der Waals surface area contributed by atoms with Crippen molar-refractivity contribution in [3.63, 3.8) is 0 Å². The van der Waals surface area contributed by atoms with Gasteiger partial charge < -0.3 is 10.6 Å². The van der Waals surface area contributed by atoms with Crippen LogP contribution in [0.15, 0.2) is 54.9 Å². The third-order valence-corrected chi connectivity index (χ3v) is 4.21. The number of hydrogen-bond acceptors (Lipinski definition) is 4. The number of anilines is 2. The molecule has 0 atom stereocenters. The number of rotatable bonds is 6. The predicted molar refractivity (Wildman–Crippen MR) is 110 cm³/mol. The van der Waals surface area contributed by atoms with Gasteiger partial charge in [0, 0.05) is 29.6 Å². The summed E-state index contributed by atoms with van der Waals surface area (Å²) in [6, 6.07) is 13.7. The highest BCUT2D eigenvalue weighted by Crippen LogP contribution is 2.15. The fraction of sp³-hybridized carbons (Fsp3) is 0.190. The van der Waals surface area contributed by atoms with Gasteiger partial charge in [0.05, 0.1) is 5.56 Å². The van der Waals surface area contributed by atoms with Crippen LogP contribution in [-0.4, -0.2) is 22.4 Å². The maximum absolute atomic E-state index is 12.4. The molecule has 0 spiro atoms. The van der Waals surface area contributed by atoms with Gasteiger partial charge in [0.1, 0.15) is 0 Å². The van der Waals surface area contributed by atoms with E-state index >= 15 is 0 Å². The Bertz CT molecular complexity index is 921. The second-order valence-corrected chi connectivity index (χ2v) is 6.87. The molecule has 0 saturated heterocycles. The number of carbonyl (C=O) groups excluding carboxylic acids is 1. The van der Waals surface area contributed by atoms with E-state index < -0.39 is 0 Å². The van der Waals surface area contributed by atoms with Crippen LogP contribution in [0.4, 0.5) is 11.6 Å². The number of aryl methyl sites for hydroxylation is 2. The van der Waals surface area contributed by atoms with Gasteiger partial charge in [-0.1, -0.05) is 29.8 Å². The first-order valence-corrected chi connectivity index (χ1v) is 9.07. The van der Waals surface area contributed by atoms with Gasteiger partial charge in [0.25, 0.3) is 5.91 Å². The molecule has 0 aliphatic carbocycles. The van der Waals surface area contributed by atoms with Gasteiger partial charge in [-0.05, 0) is 61.2 Å². The Labute approximate surface area is 163 Å². The Balaban J connectivity index is 1.55. The van der Waals surface area contributed by atoms with Gasteiger partial charge in [-0.3, -0.25) is 4.79 Å². The standard InChI is InChI=1S/C21H21ClN4O/c1-14-8-15(2)10-19(9-14)26-20(27)17-12-24-21(25-13-17)23-7-6-16-4-3-5-18(22)11-16/h3-5,8-13H,6-7H2,1-2H3,(H,26,27)(H,23,24,25). The third kappa shape index (κ3) is 5.53. The molecule has 1 amide bonds. The van der Waals surface area contributed by atoms with Crippen LogP contribution >= 0.6 is 11.6 Å². The Morgan fingerprint density at radius 2 is 1.74 bits per heavy atom. The van der Waals surface area contributed by atoms with Gasteiger partial charge in [-0.25, -0.2) is 9.97 Å². The van der Waals surface area contributed by atoms with Crippen molar-refractivity contribution in [3.05, 3.63) is 82.1 Å². The maximum Gasteiger partial charge on any atom is 0.258 e. The lowest BCUT2D eigenvalue weighted by molar-refractivity contribution is 0.102. The molecule has 0 radical (unpaired) electrons. The Morgan fingerprint density at radius 3 is 2.41 bits per heavy atom. The molecule has 1 aromatic heterocycles. The van der Waals surface area contributed by atoms with Gasteiger partial charge in [0.15, 0.2) is 0 Å². The summed E-state index contributed by atoms with van der Waals surface area (Å²) in [6.45, 7) is 4.67. The van der Waals surface area contributed by atoms with E-state index in [0.717, 1.165) is 33.8 Å². The molecular weight excluding hydrogens is 360 g/mol. The van der Waals surface area contributed by atoms with E-state index in [2.05, 4.69) is 26.7 Å². The molecule has 2 aromatic carbocycles. The largest absolute Gasteiger partial charge is 0.354 e. The molecule has 2 N–H and O–H groups in total. The lowest BCUT2D eigenvalue weighted by Gasteiger charge is -2.08. The summed E-state index contributed by atoms with van der Waals surface area (Å²) < 4.78 is 0. The molecule has 0 fully saturated rings.